The van der Waals surface area contributed by atoms with Crippen molar-refractivity contribution in [1.82, 2.24) is 0 Å². The van der Waals surface area contributed by atoms with Crippen LogP contribution in [0, 0.1) is 0 Å². The summed E-state index contributed by atoms with van der Waals surface area (Å²) in [5.74, 6) is 0.776. The molecule has 0 spiro atoms. The molecule has 1 aliphatic rings. The maximum Gasteiger partial charge on any atom is 0.220 e. The lowest BCUT2D eigenvalue weighted by molar-refractivity contribution is -0.107. The molecule has 1 nitrogen and oxygen atoms in total. The van der Waals surface area contributed by atoms with E-state index >= 15 is 0 Å². The normalized spacial score (nSPS) is 14.4. The maximum atomic E-state index is 12.9. The first-order valence-electron chi connectivity index (χ1n) is 8.49. The Morgan fingerprint density at radius 3 is 2.00 bits per heavy atom. The lowest BCUT2D eigenvalue weighted by atomic mass is 9.92. The van der Waals surface area contributed by atoms with Gasteiger partial charge in [-0.2, -0.15) is 0 Å². The molecule has 124 valence electrons. The molecule has 0 heterocycles. The second-order valence-electron chi connectivity index (χ2n) is 5.95. The molecule has 0 radical (unpaired) electrons. The standard InChI is InChI=1S/C21H22OS2/c22-21(24-19-14-8-3-9-15-19)20(17-10-4-1-5-11-17)16-23-18-12-6-2-7-13-18/h2-3,6-9,12-15H,1,4-5,10-11,16H2. The number of rotatable bonds is 5. The maximum absolute atomic E-state index is 12.9. The first-order chi connectivity index (χ1) is 11.8. The van der Waals surface area contributed by atoms with Crippen LogP contribution < -0.4 is 0 Å². The van der Waals surface area contributed by atoms with Gasteiger partial charge in [0.05, 0.1) is 0 Å². The average molecular weight is 355 g/mol. The zero-order chi connectivity index (χ0) is 16.6. The van der Waals surface area contributed by atoms with Crippen LogP contribution in [0.5, 0.6) is 0 Å². The molecule has 0 aliphatic heterocycles. The predicted molar refractivity (Wildman–Crippen MR) is 105 cm³/mol. The van der Waals surface area contributed by atoms with E-state index < -0.39 is 0 Å². The third-order valence-electron chi connectivity index (χ3n) is 4.21. The number of carbonyl (C=O) groups excluding carboxylic acids is 1. The summed E-state index contributed by atoms with van der Waals surface area (Å²) in [5, 5.41) is 0.224. The Hall–Kier alpha value is -1.45. The third-order valence-corrected chi connectivity index (χ3v) is 6.19. The van der Waals surface area contributed by atoms with E-state index in [2.05, 4.69) is 24.3 Å². The zero-order valence-electron chi connectivity index (χ0n) is 13.7. The molecule has 1 aliphatic carbocycles. The van der Waals surface area contributed by atoms with Gasteiger partial charge in [-0.15, -0.1) is 11.8 Å². The van der Waals surface area contributed by atoms with Gasteiger partial charge in [-0.3, -0.25) is 4.79 Å². The van der Waals surface area contributed by atoms with Gasteiger partial charge in [0.1, 0.15) is 0 Å². The minimum absolute atomic E-state index is 0.224. The van der Waals surface area contributed by atoms with Gasteiger partial charge in [-0.1, -0.05) is 48.4 Å². The number of hydrogen-bond donors (Lipinski definition) is 0. The fourth-order valence-corrected chi connectivity index (χ4v) is 4.85. The van der Waals surface area contributed by atoms with E-state index in [-0.39, 0.29) is 5.12 Å². The molecule has 0 N–H and O–H groups in total. The molecule has 3 heteroatoms. The molecule has 3 rings (SSSR count). The van der Waals surface area contributed by atoms with Gasteiger partial charge in [0, 0.05) is 21.1 Å². The van der Waals surface area contributed by atoms with Gasteiger partial charge in [-0.05, 0) is 61.7 Å². The van der Waals surface area contributed by atoms with Crippen molar-refractivity contribution in [2.24, 2.45) is 0 Å². The van der Waals surface area contributed by atoms with Crippen molar-refractivity contribution in [1.29, 1.82) is 0 Å². The minimum Gasteiger partial charge on any atom is -0.282 e. The van der Waals surface area contributed by atoms with Crippen molar-refractivity contribution in [2.75, 3.05) is 5.75 Å². The molecule has 2 aromatic rings. The molecule has 0 aromatic heterocycles. The highest BCUT2D eigenvalue weighted by molar-refractivity contribution is 8.14. The Kier molecular flexibility index (Phi) is 6.62. The Morgan fingerprint density at radius 1 is 0.792 bits per heavy atom. The monoisotopic (exact) mass is 354 g/mol. The second kappa shape index (κ2) is 9.14. The fraction of sp³-hybridized carbons (Fsp3) is 0.286. The van der Waals surface area contributed by atoms with E-state index in [0.29, 0.717) is 0 Å². The Bertz CT molecular complexity index is 684. The number of hydrogen-bond acceptors (Lipinski definition) is 3. The van der Waals surface area contributed by atoms with E-state index in [0.717, 1.165) is 29.1 Å². The second-order valence-corrected chi connectivity index (χ2v) is 8.04. The van der Waals surface area contributed by atoms with Crippen molar-refractivity contribution < 1.29 is 4.79 Å². The Labute approximate surface area is 152 Å². The molecule has 2 aromatic carbocycles. The van der Waals surface area contributed by atoms with Gasteiger partial charge in [0.2, 0.25) is 5.12 Å². The van der Waals surface area contributed by atoms with Crippen molar-refractivity contribution >= 4 is 28.6 Å². The molecule has 0 amide bonds. The van der Waals surface area contributed by atoms with E-state index in [1.165, 1.54) is 41.5 Å². The Balaban J connectivity index is 1.75. The molecule has 1 saturated carbocycles. The van der Waals surface area contributed by atoms with Crippen LogP contribution in [-0.2, 0) is 4.79 Å². The smallest absolute Gasteiger partial charge is 0.220 e. The summed E-state index contributed by atoms with van der Waals surface area (Å²) >= 11 is 3.14. The molecule has 0 saturated heterocycles. The zero-order valence-corrected chi connectivity index (χ0v) is 15.4. The van der Waals surface area contributed by atoms with Crippen LogP contribution in [0.2, 0.25) is 0 Å². The first kappa shape index (κ1) is 17.4. The SMILES string of the molecule is O=C(Sc1ccccc1)C(CSc1ccccc1)=C1CCCCC1. The highest BCUT2D eigenvalue weighted by Crippen LogP contribution is 2.33. The lowest BCUT2D eigenvalue weighted by Gasteiger charge is -2.18. The molecule has 0 bridgehead atoms. The van der Waals surface area contributed by atoms with Crippen LogP contribution in [0.1, 0.15) is 32.1 Å². The molecule has 24 heavy (non-hydrogen) atoms. The van der Waals surface area contributed by atoms with Gasteiger partial charge in [-0.25, -0.2) is 0 Å². The highest BCUT2D eigenvalue weighted by atomic mass is 32.2. The van der Waals surface area contributed by atoms with Crippen molar-refractivity contribution in [3.05, 3.63) is 71.8 Å². The van der Waals surface area contributed by atoms with E-state index in [9.17, 15) is 4.79 Å². The van der Waals surface area contributed by atoms with Gasteiger partial charge >= 0.3 is 0 Å². The quantitative estimate of drug-likeness (QED) is 0.459. The third kappa shape index (κ3) is 5.02. The molecular formula is C21H22OS2. The summed E-state index contributed by atoms with van der Waals surface area (Å²) in [4.78, 5) is 15.2. The summed E-state index contributed by atoms with van der Waals surface area (Å²) in [5.41, 5.74) is 2.43. The summed E-state index contributed by atoms with van der Waals surface area (Å²) in [7, 11) is 0. The number of allylic oxidation sites excluding steroid dienone is 1. The van der Waals surface area contributed by atoms with Crippen molar-refractivity contribution in [2.45, 2.75) is 41.9 Å². The average Bonchev–Trinajstić information content (AvgIpc) is 2.64. The van der Waals surface area contributed by atoms with Gasteiger partial charge < -0.3 is 0 Å². The molecule has 0 unspecified atom stereocenters. The van der Waals surface area contributed by atoms with Crippen LogP contribution in [0.3, 0.4) is 0 Å². The van der Waals surface area contributed by atoms with Gasteiger partial charge in [0.15, 0.2) is 0 Å². The van der Waals surface area contributed by atoms with Crippen LogP contribution in [-0.4, -0.2) is 10.9 Å². The Morgan fingerprint density at radius 2 is 1.38 bits per heavy atom. The van der Waals surface area contributed by atoms with Crippen LogP contribution in [0.25, 0.3) is 0 Å². The highest BCUT2D eigenvalue weighted by Gasteiger charge is 2.19. The molecular weight excluding hydrogens is 332 g/mol. The summed E-state index contributed by atoms with van der Waals surface area (Å²) < 4.78 is 0. The fourth-order valence-electron chi connectivity index (χ4n) is 2.92. The molecule has 1 fully saturated rings. The minimum atomic E-state index is 0.224. The summed E-state index contributed by atoms with van der Waals surface area (Å²) in [6.45, 7) is 0. The van der Waals surface area contributed by atoms with Crippen LogP contribution >= 0.6 is 23.5 Å². The van der Waals surface area contributed by atoms with Gasteiger partial charge in [0.25, 0.3) is 0 Å². The summed E-state index contributed by atoms with van der Waals surface area (Å²) in [6, 6.07) is 20.3. The largest absolute Gasteiger partial charge is 0.282 e. The van der Waals surface area contributed by atoms with Crippen molar-refractivity contribution in [3.8, 4) is 0 Å². The van der Waals surface area contributed by atoms with E-state index in [1.807, 2.05) is 36.4 Å². The van der Waals surface area contributed by atoms with Crippen LogP contribution in [0.4, 0.5) is 0 Å². The van der Waals surface area contributed by atoms with Crippen LogP contribution in [0.15, 0.2) is 81.6 Å². The number of carbonyl (C=O) groups is 1. The topological polar surface area (TPSA) is 17.1 Å². The van der Waals surface area contributed by atoms with Crippen molar-refractivity contribution in [3.63, 3.8) is 0 Å². The predicted octanol–water partition coefficient (Wildman–Crippen LogP) is 6.36. The lowest BCUT2D eigenvalue weighted by Crippen LogP contribution is -2.08. The number of benzene rings is 2. The number of thioether (sulfide) groups is 2. The summed E-state index contributed by atoms with van der Waals surface area (Å²) in [6.07, 6.45) is 5.91. The van der Waals surface area contributed by atoms with E-state index in [4.69, 9.17) is 0 Å². The van der Waals surface area contributed by atoms with E-state index in [1.54, 1.807) is 11.8 Å². The first-order valence-corrected chi connectivity index (χ1v) is 10.3. The molecule has 0 atom stereocenters.